The molecule has 2 bridgehead atoms. The minimum Gasteiger partial charge on any atom is -0.478 e. The van der Waals surface area contributed by atoms with Gasteiger partial charge in [0.2, 0.25) is 0 Å². The first-order valence-corrected chi connectivity index (χ1v) is 4.85. The zero-order valence-electron chi connectivity index (χ0n) is 8.11. The number of piperidine rings is 3. The smallest absolute Gasteiger partial charge is 0.327 e. The first-order chi connectivity index (χ1) is 6.20. The van der Waals surface area contributed by atoms with Gasteiger partial charge >= 0.3 is 5.97 Å². The van der Waals surface area contributed by atoms with Gasteiger partial charge in [-0.2, -0.15) is 0 Å². The molecule has 3 nitrogen and oxygen atoms in total. The Morgan fingerprint density at radius 1 is 1.21 bits per heavy atom. The lowest BCUT2D eigenvalue weighted by Gasteiger charge is -2.46. The summed E-state index contributed by atoms with van der Waals surface area (Å²) in [5, 5.41) is 8.57. The quantitative estimate of drug-likeness (QED) is 0.714. The SMILES string of the molecule is Cl.O=C(O)C=CC12CCN(CC1)CC2. The van der Waals surface area contributed by atoms with Crippen molar-refractivity contribution in [2.75, 3.05) is 19.6 Å². The number of rotatable bonds is 2. The standard InChI is InChI=1S/C10H15NO2.ClH/c12-9(13)1-2-10-3-6-11(7-4-10)8-5-10;/h1-2H,3-8H2,(H,12,13);1H. The van der Waals surface area contributed by atoms with Crippen LogP contribution in [0.3, 0.4) is 0 Å². The zero-order chi connectivity index (χ0) is 9.31. The number of carboxylic acids is 1. The average Bonchev–Trinajstić information content (AvgIpc) is 2.18. The summed E-state index contributed by atoms with van der Waals surface area (Å²) in [5.74, 6) is -0.817. The second kappa shape index (κ2) is 4.32. The summed E-state index contributed by atoms with van der Waals surface area (Å²) in [4.78, 5) is 12.9. The topological polar surface area (TPSA) is 40.5 Å². The lowest BCUT2D eigenvalue weighted by molar-refractivity contribution is -0.131. The Hall–Kier alpha value is -0.540. The maximum Gasteiger partial charge on any atom is 0.327 e. The minimum absolute atomic E-state index is 0. The molecule has 0 aromatic rings. The zero-order valence-corrected chi connectivity index (χ0v) is 8.92. The van der Waals surface area contributed by atoms with Crippen molar-refractivity contribution in [3.05, 3.63) is 12.2 Å². The van der Waals surface area contributed by atoms with Crippen LogP contribution in [-0.4, -0.2) is 35.6 Å². The van der Waals surface area contributed by atoms with Crippen LogP contribution in [0, 0.1) is 5.41 Å². The lowest BCUT2D eigenvalue weighted by atomic mass is 9.72. The van der Waals surface area contributed by atoms with Crippen LogP contribution in [0.2, 0.25) is 0 Å². The average molecular weight is 218 g/mol. The number of halogens is 1. The van der Waals surface area contributed by atoms with Gasteiger partial charge in [-0.15, -0.1) is 12.4 Å². The molecular weight excluding hydrogens is 202 g/mol. The van der Waals surface area contributed by atoms with Gasteiger partial charge in [0.05, 0.1) is 0 Å². The number of allylic oxidation sites excluding steroid dienone is 1. The van der Waals surface area contributed by atoms with Crippen molar-refractivity contribution >= 4 is 18.4 Å². The lowest BCUT2D eigenvalue weighted by Crippen LogP contribution is -2.47. The van der Waals surface area contributed by atoms with E-state index in [1.807, 2.05) is 6.08 Å². The van der Waals surface area contributed by atoms with Crippen LogP contribution in [0.4, 0.5) is 0 Å². The molecular formula is C10H16ClNO2. The molecule has 3 aliphatic rings. The highest BCUT2D eigenvalue weighted by molar-refractivity contribution is 5.85. The highest BCUT2D eigenvalue weighted by Crippen LogP contribution is 2.41. The molecule has 14 heavy (non-hydrogen) atoms. The van der Waals surface area contributed by atoms with Crippen molar-refractivity contribution in [3.63, 3.8) is 0 Å². The van der Waals surface area contributed by atoms with Gasteiger partial charge in [0, 0.05) is 6.08 Å². The molecule has 0 amide bonds. The van der Waals surface area contributed by atoms with Gasteiger partial charge in [-0.25, -0.2) is 4.79 Å². The third kappa shape index (κ3) is 2.28. The fourth-order valence-corrected chi connectivity index (χ4v) is 2.35. The van der Waals surface area contributed by atoms with E-state index >= 15 is 0 Å². The van der Waals surface area contributed by atoms with Gasteiger partial charge in [-0.05, 0) is 44.3 Å². The van der Waals surface area contributed by atoms with E-state index < -0.39 is 5.97 Å². The van der Waals surface area contributed by atoms with E-state index in [9.17, 15) is 4.79 Å². The van der Waals surface area contributed by atoms with E-state index in [4.69, 9.17) is 5.11 Å². The van der Waals surface area contributed by atoms with Crippen LogP contribution in [0.25, 0.3) is 0 Å². The van der Waals surface area contributed by atoms with Crippen LogP contribution >= 0.6 is 12.4 Å². The summed E-state index contributed by atoms with van der Waals surface area (Å²) in [6, 6.07) is 0. The number of hydrogen-bond donors (Lipinski definition) is 1. The Morgan fingerprint density at radius 2 is 1.71 bits per heavy atom. The fourth-order valence-electron chi connectivity index (χ4n) is 2.35. The molecule has 0 radical (unpaired) electrons. The van der Waals surface area contributed by atoms with Crippen LogP contribution in [0.15, 0.2) is 12.2 Å². The van der Waals surface area contributed by atoms with E-state index in [1.54, 1.807) is 0 Å². The van der Waals surface area contributed by atoms with E-state index in [0.717, 1.165) is 38.9 Å². The third-order valence-electron chi connectivity index (χ3n) is 3.36. The summed E-state index contributed by atoms with van der Waals surface area (Å²) in [6.07, 6.45) is 6.65. The van der Waals surface area contributed by atoms with E-state index in [2.05, 4.69) is 4.90 Å². The van der Waals surface area contributed by atoms with Gasteiger partial charge in [0.25, 0.3) is 0 Å². The second-order valence-electron chi connectivity index (χ2n) is 4.13. The molecule has 0 saturated carbocycles. The van der Waals surface area contributed by atoms with E-state index in [1.165, 1.54) is 6.08 Å². The van der Waals surface area contributed by atoms with E-state index in [-0.39, 0.29) is 17.8 Å². The molecule has 3 aliphatic heterocycles. The molecule has 3 saturated heterocycles. The van der Waals surface area contributed by atoms with Gasteiger partial charge in [0.15, 0.2) is 0 Å². The molecule has 4 heteroatoms. The maximum absolute atomic E-state index is 10.4. The molecule has 3 rings (SSSR count). The number of aliphatic carboxylic acids is 1. The van der Waals surface area contributed by atoms with E-state index in [0.29, 0.717) is 0 Å². The Kier molecular flexibility index (Phi) is 3.56. The molecule has 0 aromatic carbocycles. The fraction of sp³-hybridized carbons (Fsp3) is 0.700. The second-order valence-corrected chi connectivity index (χ2v) is 4.13. The number of fused-ring (bicyclic) bond motifs is 3. The minimum atomic E-state index is -0.817. The highest BCUT2D eigenvalue weighted by Gasteiger charge is 2.37. The number of carbonyl (C=O) groups is 1. The molecule has 0 spiro atoms. The third-order valence-corrected chi connectivity index (χ3v) is 3.36. The van der Waals surface area contributed by atoms with Gasteiger partial charge < -0.3 is 10.0 Å². The van der Waals surface area contributed by atoms with Crippen LogP contribution in [0.5, 0.6) is 0 Å². The number of nitrogens with zero attached hydrogens (tertiary/aromatic N) is 1. The first kappa shape index (κ1) is 11.5. The Morgan fingerprint density at radius 3 is 2.14 bits per heavy atom. The summed E-state index contributed by atoms with van der Waals surface area (Å²) >= 11 is 0. The molecule has 3 heterocycles. The van der Waals surface area contributed by atoms with Crippen LogP contribution in [0.1, 0.15) is 19.3 Å². The molecule has 80 valence electrons. The first-order valence-electron chi connectivity index (χ1n) is 4.85. The summed E-state index contributed by atoms with van der Waals surface area (Å²) < 4.78 is 0. The predicted octanol–water partition coefficient (Wildman–Crippen LogP) is 1.53. The summed E-state index contributed by atoms with van der Waals surface area (Å²) in [6.45, 7) is 3.43. The Labute approximate surface area is 90.2 Å². The largest absolute Gasteiger partial charge is 0.478 e. The van der Waals surface area contributed by atoms with Crippen molar-refractivity contribution < 1.29 is 9.90 Å². The number of hydrogen-bond acceptors (Lipinski definition) is 2. The van der Waals surface area contributed by atoms with Gasteiger partial charge in [0.1, 0.15) is 0 Å². The normalized spacial score (nSPS) is 35.6. The summed E-state index contributed by atoms with van der Waals surface area (Å²) in [7, 11) is 0. The van der Waals surface area contributed by atoms with Crippen molar-refractivity contribution in [1.82, 2.24) is 4.90 Å². The molecule has 0 aromatic heterocycles. The number of carboxylic acid groups (broad SMARTS) is 1. The van der Waals surface area contributed by atoms with Crippen molar-refractivity contribution in [3.8, 4) is 0 Å². The molecule has 1 N–H and O–H groups in total. The maximum atomic E-state index is 10.4. The Balaban J connectivity index is 0.000000980. The molecule has 0 unspecified atom stereocenters. The highest BCUT2D eigenvalue weighted by atomic mass is 35.5. The van der Waals surface area contributed by atoms with Crippen molar-refractivity contribution in [1.29, 1.82) is 0 Å². The predicted molar refractivity (Wildman–Crippen MR) is 56.7 cm³/mol. The van der Waals surface area contributed by atoms with Gasteiger partial charge in [-0.1, -0.05) is 6.08 Å². The molecule has 0 atom stereocenters. The van der Waals surface area contributed by atoms with Crippen molar-refractivity contribution in [2.24, 2.45) is 5.41 Å². The van der Waals surface area contributed by atoms with Crippen LogP contribution in [-0.2, 0) is 4.79 Å². The summed E-state index contributed by atoms with van der Waals surface area (Å²) in [5.41, 5.74) is 0.215. The van der Waals surface area contributed by atoms with Crippen molar-refractivity contribution in [2.45, 2.75) is 19.3 Å². The molecule has 3 fully saturated rings. The molecule has 0 aliphatic carbocycles. The Bertz CT molecular complexity index is 231. The monoisotopic (exact) mass is 217 g/mol. The van der Waals surface area contributed by atoms with Gasteiger partial charge in [-0.3, -0.25) is 0 Å². The van der Waals surface area contributed by atoms with Crippen LogP contribution < -0.4 is 0 Å².